The van der Waals surface area contributed by atoms with E-state index in [4.69, 9.17) is 0 Å². The zero-order valence-electron chi connectivity index (χ0n) is 12.0. The number of nitrogens with one attached hydrogen (secondary N) is 1. The van der Waals surface area contributed by atoms with E-state index >= 15 is 0 Å². The number of nitrogens with zero attached hydrogens (tertiary/aromatic N) is 3. The van der Waals surface area contributed by atoms with Gasteiger partial charge in [0.15, 0.2) is 0 Å². The molecule has 0 fully saturated rings. The molecule has 0 amide bonds. The van der Waals surface area contributed by atoms with Gasteiger partial charge in [0.2, 0.25) is 5.95 Å². The van der Waals surface area contributed by atoms with Crippen molar-refractivity contribution in [2.45, 2.75) is 13.8 Å². The Kier molecular flexibility index (Phi) is 3.60. The van der Waals surface area contributed by atoms with Crippen molar-refractivity contribution < 1.29 is 0 Å². The van der Waals surface area contributed by atoms with E-state index in [1.54, 1.807) is 18.6 Å². The fourth-order valence-electron chi connectivity index (χ4n) is 2.27. The Morgan fingerprint density at radius 1 is 0.952 bits per heavy atom. The molecule has 1 N–H and O–H groups in total. The normalized spacial score (nSPS) is 10.4. The molecule has 4 heteroatoms. The lowest BCUT2D eigenvalue weighted by Gasteiger charge is -2.08. The van der Waals surface area contributed by atoms with Gasteiger partial charge in [-0.1, -0.05) is 6.07 Å². The summed E-state index contributed by atoms with van der Waals surface area (Å²) in [5.74, 6) is 0.585. The molecule has 3 rings (SSSR count). The van der Waals surface area contributed by atoms with Gasteiger partial charge in [-0.15, -0.1) is 0 Å². The van der Waals surface area contributed by atoms with Crippen LogP contribution in [0.4, 0.5) is 11.6 Å². The summed E-state index contributed by atoms with van der Waals surface area (Å²) in [6.45, 7) is 4.15. The van der Waals surface area contributed by atoms with Gasteiger partial charge in [-0.25, -0.2) is 9.97 Å². The monoisotopic (exact) mass is 276 g/mol. The number of aromatic nitrogens is 3. The smallest absolute Gasteiger partial charge is 0.227 e. The van der Waals surface area contributed by atoms with Crippen LogP contribution < -0.4 is 5.32 Å². The summed E-state index contributed by atoms with van der Waals surface area (Å²) >= 11 is 0. The molecule has 2 heterocycles. The average Bonchev–Trinajstić information content (AvgIpc) is 2.47. The molecule has 0 aliphatic rings. The zero-order chi connectivity index (χ0) is 14.7. The van der Waals surface area contributed by atoms with Crippen LogP contribution >= 0.6 is 0 Å². The van der Waals surface area contributed by atoms with E-state index < -0.39 is 0 Å². The summed E-state index contributed by atoms with van der Waals surface area (Å²) in [6.07, 6.45) is 5.29. The highest BCUT2D eigenvalue weighted by Crippen LogP contribution is 2.20. The molecule has 0 bridgehead atoms. The summed E-state index contributed by atoms with van der Waals surface area (Å²) in [6, 6.07) is 12.0. The molecule has 0 radical (unpaired) electrons. The Morgan fingerprint density at radius 2 is 1.76 bits per heavy atom. The Bertz CT molecular complexity index is 733. The Labute approximate surface area is 123 Å². The summed E-state index contributed by atoms with van der Waals surface area (Å²) in [7, 11) is 0. The molecular formula is C17H16N4. The third-order valence-corrected chi connectivity index (χ3v) is 3.09. The number of aryl methyl sites for hydroxylation is 2. The Balaban J connectivity index is 1.90. The van der Waals surface area contributed by atoms with Crippen LogP contribution in [0.25, 0.3) is 11.3 Å². The first-order valence-electron chi connectivity index (χ1n) is 6.79. The zero-order valence-corrected chi connectivity index (χ0v) is 12.0. The third kappa shape index (κ3) is 3.23. The Morgan fingerprint density at radius 3 is 2.48 bits per heavy atom. The first-order valence-corrected chi connectivity index (χ1v) is 6.79. The molecule has 3 aromatic rings. The van der Waals surface area contributed by atoms with Crippen molar-refractivity contribution in [2.75, 3.05) is 5.32 Å². The van der Waals surface area contributed by atoms with Crippen LogP contribution in [0.2, 0.25) is 0 Å². The molecule has 0 aliphatic heterocycles. The molecule has 104 valence electrons. The predicted octanol–water partition coefficient (Wildman–Crippen LogP) is 3.90. The maximum atomic E-state index is 4.54. The molecule has 0 unspecified atom stereocenters. The highest BCUT2D eigenvalue weighted by Gasteiger charge is 2.03. The second kappa shape index (κ2) is 5.71. The van der Waals surface area contributed by atoms with E-state index in [1.165, 1.54) is 11.1 Å². The van der Waals surface area contributed by atoms with Crippen LogP contribution in [0.3, 0.4) is 0 Å². The molecule has 0 atom stereocenters. The van der Waals surface area contributed by atoms with E-state index in [-0.39, 0.29) is 0 Å². The van der Waals surface area contributed by atoms with Gasteiger partial charge in [-0.2, -0.15) is 0 Å². The van der Waals surface area contributed by atoms with Crippen LogP contribution in [0.5, 0.6) is 0 Å². The number of hydrogen-bond acceptors (Lipinski definition) is 4. The third-order valence-electron chi connectivity index (χ3n) is 3.09. The van der Waals surface area contributed by atoms with Crippen molar-refractivity contribution in [1.82, 2.24) is 15.0 Å². The number of benzene rings is 1. The van der Waals surface area contributed by atoms with Crippen LogP contribution in [0.15, 0.2) is 55.0 Å². The van der Waals surface area contributed by atoms with Crippen LogP contribution in [0, 0.1) is 13.8 Å². The van der Waals surface area contributed by atoms with Crippen molar-refractivity contribution in [2.24, 2.45) is 0 Å². The van der Waals surface area contributed by atoms with Crippen LogP contribution in [0.1, 0.15) is 11.1 Å². The minimum absolute atomic E-state index is 0.585. The summed E-state index contributed by atoms with van der Waals surface area (Å²) in [5.41, 5.74) is 5.24. The van der Waals surface area contributed by atoms with Gasteiger partial charge in [0.25, 0.3) is 0 Å². The lowest BCUT2D eigenvalue weighted by Crippen LogP contribution is -1.98. The molecular weight excluding hydrogens is 260 g/mol. The standard InChI is InChI=1S/C17H16N4/c1-12-8-13(2)10-15(9-12)20-17-19-7-5-16(21-17)14-4-3-6-18-11-14/h3-11H,1-2H3,(H,19,20,21). The fourth-order valence-corrected chi connectivity index (χ4v) is 2.27. The minimum Gasteiger partial charge on any atom is -0.324 e. The Hall–Kier alpha value is -2.75. The SMILES string of the molecule is Cc1cc(C)cc(Nc2nccc(-c3cccnc3)n2)c1. The highest BCUT2D eigenvalue weighted by atomic mass is 15.1. The van der Waals surface area contributed by atoms with E-state index in [1.807, 2.05) is 18.2 Å². The van der Waals surface area contributed by atoms with Crippen molar-refractivity contribution in [3.8, 4) is 11.3 Å². The number of hydrogen-bond donors (Lipinski definition) is 1. The van der Waals surface area contributed by atoms with Gasteiger partial charge in [-0.3, -0.25) is 4.98 Å². The van der Waals surface area contributed by atoms with Gasteiger partial charge < -0.3 is 5.32 Å². The highest BCUT2D eigenvalue weighted by molar-refractivity contribution is 5.61. The topological polar surface area (TPSA) is 50.7 Å². The summed E-state index contributed by atoms with van der Waals surface area (Å²) < 4.78 is 0. The van der Waals surface area contributed by atoms with Gasteiger partial charge in [0.1, 0.15) is 0 Å². The molecule has 0 spiro atoms. The van der Waals surface area contributed by atoms with Crippen molar-refractivity contribution in [3.05, 3.63) is 66.1 Å². The quantitative estimate of drug-likeness (QED) is 0.788. The summed E-state index contributed by atoms with van der Waals surface area (Å²) in [4.78, 5) is 12.9. The second-order valence-electron chi connectivity index (χ2n) is 5.01. The lowest BCUT2D eigenvalue weighted by molar-refractivity contribution is 1.16. The molecule has 0 saturated heterocycles. The van der Waals surface area contributed by atoms with Gasteiger partial charge in [-0.05, 0) is 55.3 Å². The van der Waals surface area contributed by atoms with Gasteiger partial charge >= 0.3 is 0 Å². The maximum Gasteiger partial charge on any atom is 0.227 e. The predicted molar refractivity (Wildman–Crippen MR) is 84.5 cm³/mol. The van der Waals surface area contributed by atoms with E-state index in [0.717, 1.165) is 16.9 Å². The minimum atomic E-state index is 0.585. The number of anilines is 2. The fraction of sp³-hybridized carbons (Fsp3) is 0.118. The first kappa shape index (κ1) is 13.2. The van der Waals surface area contributed by atoms with E-state index in [9.17, 15) is 0 Å². The molecule has 0 saturated carbocycles. The maximum absolute atomic E-state index is 4.54. The lowest BCUT2D eigenvalue weighted by atomic mass is 10.1. The van der Waals surface area contributed by atoms with E-state index in [2.05, 4.69) is 52.3 Å². The second-order valence-corrected chi connectivity index (χ2v) is 5.01. The molecule has 4 nitrogen and oxygen atoms in total. The van der Waals surface area contributed by atoms with Gasteiger partial charge in [0.05, 0.1) is 5.69 Å². The molecule has 0 aliphatic carbocycles. The van der Waals surface area contributed by atoms with E-state index in [0.29, 0.717) is 5.95 Å². The van der Waals surface area contributed by atoms with Crippen LogP contribution in [-0.4, -0.2) is 15.0 Å². The first-order chi connectivity index (χ1) is 10.2. The van der Waals surface area contributed by atoms with Crippen molar-refractivity contribution in [3.63, 3.8) is 0 Å². The van der Waals surface area contributed by atoms with Crippen LogP contribution in [-0.2, 0) is 0 Å². The van der Waals surface area contributed by atoms with Crippen molar-refractivity contribution >= 4 is 11.6 Å². The summed E-state index contributed by atoms with van der Waals surface area (Å²) in [5, 5.41) is 3.25. The molecule has 21 heavy (non-hydrogen) atoms. The largest absolute Gasteiger partial charge is 0.324 e. The van der Waals surface area contributed by atoms with Crippen molar-refractivity contribution in [1.29, 1.82) is 0 Å². The number of rotatable bonds is 3. The molecule has 2 aromatic heterocycles. The average molecular weight is 276 g/mol. The molecule has 1 aromatic carbocycles. The van der Waals surface area contributed by atoms with Gasteiger partial charge in [0, 0.05) is 29.8 Å². The number of pyridine rings is 1.